The van der Waals surface area contributed by atoms with E-state index in [9.17, 15) is 14.4 Å². The van der Waals surface area contributed by atoms with Crippen LogP contribution in [0.4, 0.5) is 0 Å². The van der Waals surface area contributed by atoms with E-state index in [4.69, 9.17) is 4.74 Å². The lowest BCUT2D eigenvalue weighted by Crippen LogP contribution is -2.45. The molecule has 7 heteroatoms. The number of rotatable bonds is 6. The SMILES string of the molecule is COC(=O)C(C)Sc1ccccc1C(=O)NCC(=O)NC(C)(C)C. The van der Waals surface area contributed by atoms with Gasteiger partial charge in [-0.3, -0.25) is 14.4 Å². The Balaban J connectivity index is 2.74. The third kappa shape index (κ3) is 6.62. The van der Waals surface area contributed by atoms with Gasteiger partial charge in [-0.05, 0) is 39.8 Å². The maximum absolute atomic E-state index is 12.3. The fourth-order valence-corrected chi connectivity index (χ4v) is 2.90. The van der Waals surface area contributed by atoms with E-state index in [2.05, 4.69) is 10.6 Å². The van der Waals surface area contributed by atoms with Crippen molar-refractivity contribution in [2.24, 2.45) is 0 Å². The van der Waals surface area contributed by atoms with Gasteiger partial charge in [0.25, 0.3) is 5.91 Å². The second-order valence-corrected chi connectivity index (χ2v) is 7.64. The van der Waals surface area contributed by atoms with Crippen LogP contribution in [-0.2, 0) is 14.3 Å². The van der Waals surface area contributed by atoms with Gasteiger partial charge in [-0.1, -0.05) is 12.1 Å². The smallest absolute Gasteiger partial charge is 0.318 e. The number of ether oxygens (including phenoxy) is 1. The molecule has 1 unspecified atom stereocenters. The second-order valence-electron chi connectivity index (χ2n) is 6.26. The van der Waals surface area contributed by atoms with E-state index in [1.54, 1.807) is 31.2 Å². The van der Waals surface area contributed by atoms with Crippen LogP contribution < -0.4 is 10.6 Å². The summed E-state index contributed by atoms with van der Waals surface area (Å²) in [6.45, 7) is 7.20. The molecular weight excluding hydrogens is 328 g/mol. The maximum atomic E-state index is 12.3. The van der Waals surface area contributed by atoms with Crippen molar-refractivity contribution in [1.82, 2.24) is 10.6 Å². The molecule has 0 aliphatic heterocycles. The van der Waals surface area contributed by atoms with E-state index >= 15 is 0 Å². The third-order valence-corrected chi connectivity index (χ3v) is 4.05. The molecule has 0 saturated carbocycles. The van der Waals surface area contributed by atoms with Gasteiger partial charge in [0, 0.05) is 10.4 Å². The van der Waals surface area contributed by atoms with Gasteiger partial charge >= 0.3 is 5.97 Å². The summed E-state index contributed by atoms with van der Waals surface area (Å²) in [5, 5.41) is 4.94. The van der Waals surface area contributed by atoms with Crippen molar-refractivity contribution in [1.29, 1.82) is 0 Å². The Labute approximate surface area is 146 Å². The van der Waals surface area contributed by atoms with Crippen molar-refractivity contribution in [2.75, 3.05) is 13.7 Å². The molecule has 0 spiro atoms. The van der Waals surface area contributed by atoms with Crippen LogP contribution in [-0.4, -0.2) is 42.2 Å². The fourth-order valence-electron chi connectivity index (χ4n) is 1.88. The summed E-state index contributed by atoms with van der Waals surface area (Å²) in [4.78, 5) is 36.3. The summed E-state index contributed by atoms with van der Waals surface area (Å²) in [6.07, 6.45) is 0. The summed E-state index contributed by atoms with van der Waals surface area (Å²) in [5.74, 6) is -0.983. The van der Waals surface area contributed by atoms with Crippen molar-refractivity contribution >= 4 is 29.5 Å². The number of hydrogen-bond acceptors (Lipinski definition) is 5. The van der Waals surface area contributed by atoms with Crippen LogP contribution in [0.5, 0.6) is 0 Å². The fraction of sp³-hybridized carbons (Fsp3) is 0.471. The topological polar surface area (TPSA) is 84.5 Å². The summed E-state index contributed by atoms with van der Waals surface area (Å²) >= 11 is 1.24. The molecule has 0 aliphatic rings. The molecule has 2 amide bonds. The summed E-state index contributed by atoms with van der Waals surface area (Å²) in [7, 11) is 1.33. The third-order valence-electron chi connectivity index (χ3n) is 2.89. The summed E-state index contributed by atoms with van der Waals surface area (Å²) < 4.78 is 4.70. The minimum absolute atomic E-state index is 0.109. The van der Waals surface area contributed by atoms with E-state index in [-0.39, 0.29) is 29.9 Å². The van der Waals surface area contributed by atoms with Gasteiger partial charge in [0.2, 0.25) is 5.91 Å². The van der Waals surface area contributed by atoms with E-state index in [1.807, 2.05) is 20.8 Å². The number of esters is 1. The number of benzene rings is 1. The minimum Gasteiger partial charge on any atom is -0.468 e. The Hall–Kier alpha value is -2.02. The van der Waals surface area contributed by atoms with E-state index in [0.29, 0.717) is 10.5 Å². The van der Waals surface area contributed by atoms with Crippen LogP contribution in [0.15, 0.2) is 29.2 Å². The maximum Gasteiger partial charge on any atom is 0.318 e. The first-order chi connectivity index (χ1) is 11.1. The van der Waals surface area contributed by atoms with E-state index < -0.39 is 5.25 Å². The monoisotopic (exact) mass is 352 g/mol. The zero-order valence-corrected chi connectivity index (χ0v) is 15.5. The quantitative estimate of drug-likeness (QED) is 0.604. The van der Waals surface area contributed by atoms with Crippen molar-refractivity contribution < 1.29 is 19.1 Å². The molecule has 0 aromatic heterocycles. The second kappa shape index (κ2) is 8.73. The predicted molar refractivity (Wildman–Crippen MR) is 94.0 cm³/mol. The lowest BCUT2D eigenvalue weighted by Gasteiger charge is -2.20. The van der Waals surface area contributed by atoms with Crippen molar-refractivity contribution in [3.05, 3.63) is 29.8 Å². The normalized spacial score (nSPS) is 12.2. The molecule has 0 saturated heterocycles. The van der Waals surface area contributed by atoms with Crippen LogP contribution in [0.2, 0.25) is 0 Å². The molecule has 0 aliphatic carbocycles. The number of hydrogen-bond donors (Lipinski definition) is 2. The first-order valence-electron chi connectivity index (χ1n) is 7.57. The summed E-state index contributed by atoms with van der Waals surface area (Å²) in [6, 6.07) is 6.93. The minimum atomic E-state index is -0.437. The number of methoxy groups -OCH3 is 1. The Morgan fingerprint density at radius 2 is 1.83 bits per heavy atom. The van der Waals surface area contributed by atoms with Crippen LogP contribution in [0.3, 0.4) is 0 Å². The van der Waals surface area contributed by atoms with Crippen LogP contribution in [0, 0.1) is 0 Å². The first-order valence-corrected chi connectivity index (χ1v) is 8.44. The molecule has 1 aromatic carbocycles. The Bertz CT molecular complexity index is 611. The standard InChI is InChI=1S/C17H24N2O4S/c1-11(16(22)23-5)24-13-9-7-6-8-12(13)15(21)18-10-14(20)19-17(2,3)4/h6-9,11H,10H2,1-5H3,(H,18,21)(H,19,20). The molecule has 0 fully saturated rings. The lowest BCUT2D eigenvalue weighted by atomic mass is 10.1. The van der Waals surface area contributed by atoms with Gasteiger partial charge in [0.15, 0.2) is 0 Å². The zero-order chi connectivity index (χ0) is 18.3. The Kier molecular flexibility index (Phi) is 7.28. The average Bonchev–Trinajstić information content (AvgIpc) is 2.50. The molecule has 1 aromatic rings. The van der Waals surface area contributed by atoms with Crippen LogP contribution in [0.25, 0.3) is 0 Å². The lowest BCUT2D eigenvalue weighted by molar-refractivity contribution is -0.139. The molecule has 0 bridgehead atoms. The van der Waals surface area contributed by atoms with Gasteiger partial charge in [0.05, 0.1) is 19.2 Å². The van der Waals surface area contributed by atoms with Gasteiger partial charge in [-0.2, -0.15) is 0 Å². The zero-order valence-electron chi connectivity index (χ0n) is 14.6. The first kappa shape index (κ1) is 20.0. The molecule has 132 valence electrons. The molecule has 1 rings (SSSR count). The highest BCUT2D eigenvalue weighted by Crippen LogP contribution is 2.27. The highest BCUT2D eigenvalue weighted by molar-refractivity contribution is 8.00. The highest BCUT2D eigenvalue weighted by Gasteiger charge is 2.20. The van der Waals surface area contributed by atoms with Gasteiger partial charge in [-0.15, -0.1) is 11.8 Å². The molecule has 0 radical (unpaired) electrons. The highest BCUT2D eigenvalue weighted by atomic mass is 32.2. The average molecular weight is 352 g/mol. The Morgan fingerprint density at radius 1 is 1.21 bits per heavy atom. The molecular formula is C17H24N2O4S. The van der Waals surface area contributed by atoms with E-state index in [1.165, 1.54) is 18.9 Å². The van der Waals surface area contributed by atoms with Gasteiger partial charge in [-0.25, -0.2) is 0 Å². The van der Waals surface area contributed by atoms with Gasteiger partial charge < -0.3 is 15.4 Å². The molecule has 2 N–H and O–H groups in total. The van der Waals surface area contributed by atoms with Gasteiger partial charge in [0.1, 0.15) is 5.25 Å². The molecule has 1 atom stereocenters. The molecule has 6 nitrogen and oxygen atoms in total. The number of nitrogens with one attached hydrogen (secondary N) is 2. The van der Waals surface area contributed by atoms with Crippen molar-refractivity contribution in [3.8, 4) is 0 Å². The number of carbonyl (C=O) groups excluding carboxylic acids is 3. The van der Waals surface area contributed by atoms with Crippen LogP contribution in [0.1, 0.15) is 38.1 Å². The number of amides is 2. The molecule has 0 heterocycles. The largest absolute Gasteiger partial charge is 0.468 e. The van der Waals surface area contributed by atoms with Crippen LogP contribution >= 0.6 is 11.8 Å². The number of carbonyl (C=O) groups is 3. The van der Waals surface area contributed by atoms with Crippen molar-refractivity contribution in [2.45, 2.75) is 43.4 Å². The van der Waals surface area contributed by atoms with Crippen molar-refractivity contribution in [3.63, 3.8) is 0 Å². The predicted octanol–water partition coefficient (Wildman–Crippen LogP) is 1.98. The van der Waals surface area contributed by atoms with E-state index in [0.717, 1.165) is 0 Å². The molecule has 24 heavy (non-hydrogen) atoms. The number of thioether (sulfide) groups is 1. The summed E-state index contributed by atoms with van der Waals surface area (Å²) in [5.41, 5.74) is 0.0627. The Morgan fingerprint density at radius 3 is 2.42 bits per heavy atom.